The normalized spacial score (nSPS) is 19.9. The lowest BCUT2D eigenvalue weighted by Gasteiger charge is -2.25. The molecule has 0 radical (unpaired) electrons. The number of aliphatic hydroxyl groups excluding tert-OH is 5. The van der Waals surface area contributed by atoms with Gasteiger partial charge in [0.1, 0.15) is 24.4 Å². The summed E-state index contributed by atoms with van der Waals surface area (Å²) in [5.74, 6) is 0. The Morgan fingerprint density at radius 1 is 1.14 bits per heavy atom. The van der Waals surface area contributed by atoms with Gasteiger partial charge < -0.3 is 25.5 Å². The zero-order valence-electron chi connectivity index (χ0n) is 7.87. The maximum atomic E-state index is 9.36. The Morgan fingerprint density at radius 3 is 2.00 bits per heavy atom. The van der Waals surface area contributed by atoms with Crippen LogP contribution in [0.1, 0.15) is 13.3 Å². The van der Waals surface area contributed by atoms with Crippen LogP contribution >= 0.6 is 12.2 Å². The second-order valence-electron chi connectivity index (χ2n) is 3.00. The topological polar surface area (TPSA) is 101 Å². The van der Waals surface area contributed by atoms with Gasteiger partial charge >= 0.3 is 0 Å². The molecule has 0 amide bonds. The molecular formula is C8H16O5S. The first-order chi connectivity index (χ1) is 6.45. The van der Waals surface area contributed by atoms with Gasteiger partial charge in [-0.15, -0.1) is 0 Å². The Kier molecular flexibility index (Phi) is 6.34. The summed E-state index contributed by atoms with van der Waals surface area (Å²) < 4.78 is 0. The summed E-state index contributed by atoms with van der Waals surface area (Å²) >= 11 is 4.73. The molecule has 0 aromatic carbocycles. The summed E-state index contributed by atoms with van der Waals surface area (Å²) in [6, 6.07) is 0. The van der Waals surface area contributed by atoms with Gasteiger partial charge in [-0.2, -0.15) is 0 Å². The second kappa shape index (κ2) is 6.39. The number of hydrogen-bond donors (Lipinski definition) is 5. The summed E-state index contributed by atoms with van der Waals surface area (Å²) in [6.07, 6.45) is -5.66. The molecule has 0 heterocycles. The predicted molar refractivity (Wildman–Crippen MR) is 54.0 cm³/mol. The van der Waals surface area contributed by atoms with Crippen LogP contribution in [0.5, 0.6) is 0 Å². The van der Waals surface area contributed by atoms with Gasteiger partial charge in [0.2, 0.25) is 0 Å². The first kappa shape index (κ1) is 13.9. The number of aliphatic hydroxyl groups is 5. The molecule has 0 aliphatic carbocycles. The minimum absolute atomic E-state index is 0.196. The highest BCUT2D eigenvalue weighted by atomic mass is 32.1. The molecule has 0 aliphatic rings. The fourth-order valence-corrected chi connectivity index (χ4v) is 1.06. The van der Waals surface area contributed by atoms with Crippen LogP contribution in [0.3, 0.4) is 0 Å². The van der Waals surface area contributed by atoms with Gasteiger partial charge in [0.25, 0.3) is 0 Å². The summed E-state index contributed by atoms with van der Waals surface area (Å²) in [4.78, 5) is 0.196. The minimum atomic E-state index is -1.61. The van der Waals surface area contributed by atoms with Crippen LogP contribution in [0.25, 0.3) is 0 Å². The molecule has 0 saturated carbocycles. The summed E-state index contributed by atoms with van der Waals surface area (Å²) in [5, 5.41) is 45.4. The molecule has 0 saturated heterocycles. The van der Waals surface area contributed by atoms with Crippen LogP contribution in [0.15, 0.2) is 0 Å². The van der Waals surface area contributed by atoms with Crippen molar-refractivity contribution in [2.24, 2.45) is 0 Å². The van der Waals surface area contributed by atoms with Crippen molar-refractivity contribution in [2.75, 3.05) is 6.61 Å². The first-order valence-electron chi connectivity index (χ1n) is 4.31. The SMILES string of the molecule is CCC(=S)[C@H](O)[C@@H](O)[C@H](O)[C@H](O)CO. The summed E-state index contributed by atoms with van der Waals surface area (Å²) in [5.41, 5.74) is 0. The Bertz CT molecular complexity index is 187. The third kappa shape index (κ3) is 3.56. The molecule has 0 bridgehead atoms. The van der Waals surface area contributed by atoms with Crippen molar-refractivity contribution in [1.29, 1.82) is 0 Å². The third-order valence-corrected chi connectivity index (χ3v) is 2.46. The van der Waals surface area contributed by atoms with Crippen LogP contribution in [-0.2, 0) is 0 Å². The molecule has 0 aromatic rings. The Hall–Kier alpha value is -0.110. The van der Waals surface area contributed by atoms with E-state index in [1.54, 1.807) is 6.92 Å². The average molecular weight is 224 g/mol. The van der Waals surface area contributed by atoms with E-state index in [-0.39, 0.29) is 4.86 Å². The highest BCUT2D eigenvalue weighted by Gasteiger charge is 2.31. The van der Waals surface area contributed by atoms with Crippen LogP contribution < -0.4 is 0 Å². The van der Waals surface area contributed by atoms with E-state index in [1.165, 1.54) is 0 Å². The van der Waals surface area contributed by atoms with Crippen LogP contribution in [0, 0.1) is 0 Å². The fourth-order valence-electron chi connectivity index (χ4n) is 0.922. The van der Waals surface area contributed by atoms with Gasteiger partial charge in [0.05, 0.1) is 6.61 Å². The molecule has 4 atom stereocenters. The van der Waals surface area contributed by atoms with E-state index in [1.807, 2.05) is 0 Å². The lowest BCUT2D eigenvalue weighted by Crippen LogP contribution is -2.48. The van der Waals surface area contributed by atoms with Crippen molar-refractivity contribution in [1.82, 2.24) is 0 Å². The molecule has 0 rings (SSSR count). The molecule has 6 heteroatoms. The van der Waals surface area contributed by atoms with Crippen LogP contribution in [-0.4, -0.2) is 61.4 Å². The van der Waals surface area contributed by atoms with Crippen molar-refractivity contribution in [3.63, 3.8) is 0 Å². The van der Waals surface area contributed by atoms with E-state index in [9.17, 15) is 15.3 Å². The lowest BCUT2D eigenvalue weighted by atomic mass is 10.0. The monoisotopic (exact) mass is 224 g/mol. The highest BCUT2D eigenvalue weighted by molar-refractivity contribution is 7.80. The third-order valence-electron chi connectivity index (χ3n) is 1.93. The molecule has 0 aromatic heterocycles. The second-order valence-corrected chi connectivity index (χ2v) is 3.52. The van der Waals surface area contributed by atoms with E-state index >= 15 is 0 Å². The zero-order chi connectivity index (χ0) is 11.3. The van der Waals surface area contributed by atoms with Gasteiger partial charge in [-0.1, -0.05) is 19.1 Å². The van der Waals surface area contributed by atoms with Crippen LogP contribution in [0.2, 0.25) is 0 Å². The minimum Gasteiger partial charge on any atom is -0.394 e. The van der Waals surface area contributed by atoms with Crippen LogP contribution in [0.4, 0.5) is 0 Å². The quantitative estimate of drug-likeness (QED) is 0.341. The number of rotatable bonds is 6. The molecule has 5 N–H and O–H groups in total. The van der Waals surface area contributed by atoms with Gasteiger partial charge in [-0.3, -0.25) is 0 Å². The van der Waals surface area contributed by atoms with Crippen molar-refractivity contribution in [3.05, 3.63) is 0 Å². The number of hydrogen-bond acceptors (Lipinski definition) is 6. The molecule has 84 valence electrons. The zero-order valence-corrected chi connectivity index (χ0v) is 8.68. The van der Waals surface area contributed by atoms with E-state index in [4.69, 9.17) is 22.4 Å². The van der Waals surface area contributed by atoms with E-state index in [0.29, 0.717) is 6.42 Å². The Labute approximate surface area is 87.6 Å². The van der Waals surface area contributed by atoms with Gasteiger partial charge in [-0.25, -0.2) is 0 Å². The Morgan fingerprint density at radius 2 is 1.64 bits per heavy atom. The van der Waals surface area contributed by atoms with E-state index < -0.39 is 31.0 Å². The molecular weight excluding hydrogens is 208 g/mol. The van der Waals surface area contributed by atoms with Gasteiger partial charge in [0.15, 0.2) is 0 Å². The largest absolute Gasteiger partial charge is 0.394 e. The average Bonchev–Trinajstić information content (AvgIpc) is 2.23. The highest BCUT2D eigenvalue weighted by Crippen LogP contribution is 2.08. The van der Waals surface area contributed by atoms with Crippen molar-refractivity contribution in [3.8, 4) is 0 Å². The molecule has 0 unspecified atom stereocenters. The lowest BCUT2D eigenvalue weighted by molar-refractivity contribution is -0.101. The maximum absolute atomic E-state index is 9.36. The maximum Gasteiger partial charge on any atom is 0.114 e. The molecule has 14 heavy (non-hydrogen) atoms. The van der Waals surface area contributed by atoms with E-state index in [2.05, 4.69) is 0 Å². The standard InChI is InChI=1S/C8H16O5S/c1-2-5(14)7(12)8(13)6(11)4(10)3-9/h4,6-13H,2-3H2,1H3/t4-,6-,7+,8+/m1/s1. The fraction of sp³-hybridized carbons (Fsp3) is 0.875. The smallest absolute Gasteiger partial charge is 0.114 e. The van der Waals surface area contributed by atoms with Crippen molar-refractivity contribution < 1.29 is 25.5 Å². The molecule has 0 aliphatic heterocycles. The molecule has 5 nitrogen and oxygen atoms in total. The summed E-state index contributed by atoms with van der Waals surface area (Å²) in [6.45, 7) is 1.01. The van der Waals surface area contributed by atoms with Crippen molar-refractivity contribution in [2.45, 2.75) is 37.8 Å². The predicted octanol–water partition coefficient (Wildman–Crippen LogP) is -1.80. The van der Waals surface area contributed by atoms with E-state index in [0.717, 1.165) is 0 Å². The molecule has 0 spiro atoms. The van der Waals surface area contributed by atoms with Gasteiger partial charge in [-0.05, 0) is 6.42 Å². The number of thiocarbonyl (C=S) groups is 1. The summed E-state index contributed by atoms with van der Waals surface area (Å²) in [7, 11) is 0. The molecule has 0 fully saturated rings. The van der Waals surface area contributed by atoms with Gasteiger partial charge in [0, 0.05) is 4.86 Å². The Balaban J connectivity index is 4.30. The first-order valence-corrected chi connectivity index (χ1v) is 4.72. The van der Waals surface area contributed by atoms with Crippen molar-refractivity contribution >= 4 is 17.1 Å².